The number of benzene rings is 1. The number of hydrogen-bond donors (Lipinski definition) is 3. The van der Waals surface area contributed by atoms with E-state index in [1.807, 2.05) is 0 Å². The Morgan fingerprint density at radius 2 is 1.95 bits per heavy atom. The number of hydrazine groups is 1. The third kappa shape index (κ3) is 4.43. The van der Waals surface area contributed by atoms with Crippen LogP contribution in [0.5, 0.6) is 0 Å². The van der Waals surface area contributed by atoms with Crippen LogP contribution in [0.4, 0.5) is 18.9 Å². The van der Waals surface area contributed by atoms with Crippen molar-refractivity contribution in [3.05, 3.63) is 52.2 Å². The molecule has 3 N–H and O–H groups in total. The molecule has 0 saturated carbocycles. The summed E-state index contributed by atoms with van der Waals surface area (Å²) in [4.78, 5) is 11.6. The molecule has 0 bridgehead atoms. The molecule has 9 heteroatoms. The van der Waals surface area contributed by atoms with Gasteiger partial charge in [-0.15, -0.1) is 0 Å². The topological polar surface area (TPSA) is 53.2 Å². The van der Waals surface area contributed by atoms with Gasteiger partial charge >= 0.3 is 6.18 Å². The highest BCUT2D eigenvalue weighted by Crippen LogP contribution is 2.30. The summed E-state index contributed by atoms with van der Waals surface area (Å²) in [6.45, 7) is 0. The van der Waals surface area contributed by atoms with Crippen molar-refractivity contribution < 1.29 is 18.0 Å². The van der Waals surface area contributed by atoms with Crippen molar-refractivity contribution in [2.24, 2.45) is 0 Å². The molecule has 1 aromatic heterocycles. The van der Waals surface area contributed by atoms with E-state index in [2.05, 4.69) is 16.2 Å². The van der Waals surface area contributed by atoms with Gasteiger partial charge in [0.05, 0.1) is 11.1 Å². The number of anilines is 1. The van der Waals surface area contributed by atoms with Crippen LogP contribution in [0.15, 0.2) is 41.1 Å². The molecule has 1 amide bonds. The smallest absolute Gasteiger partial charge is 0.331 e. The number of rotatable bonds is 2. The van der Waals surface area contributed by atoms with Crippen molar-refractivity contribution >= 4 is 40.3 Å². The Morgan fingerprint density at radius 1 is 1.18 bits per heavy atom. The second-order valence-corrected chi connectivity index (χ2v) is 5.31. The number of alkyl halides is 3. The molecule has 0 fully saturated rings. The minimum Gasteiger partial charge on any atom is -0.331 e. The fourth-order valence-corrected chi connectivity index (χ4v) is 2.32. The molecule has 2 aromatic rings. The van der Waals surface area contributed by atoms with E-state index in [9.17, 15) is 18.0 Å². The van der Waals surface area contributed by atoms with Gasteiger partial charge in [-0.25, -0.2) is 0 Å². The van der Waals surface area contributed by atoms with Crippen LogP contribution in [-0.2, 0) is 6.18 Å². The summed E-state index contributed by atoms with van der Waals surface area (Å²) in [5, 5.41) is 5.94. The van der Waals surface area contributed by atoms with Gasteiger partial charge in [0.25, 0.3) is 5.91 Å². The van der Waals surface area contributed by atoms with Crippen molar-refractivity contribution in [2.75, 3.05) is 5.32 Å². The molecule has 0 aliphatic carbocycles. The summed E-state index contributed by atoms with van der Waals surface area (Å²) in [5.74, 6) is -0.394. The van der Waals surface area contributed by atoms with Crippen molar-refractivity contribution in [1.82, 2.24) is 10.9 Å². The number of carbonyl (C=O) groups excluding carboxylic acids is 1. The van der Waals surface area contributed by atoms with Gasteiger partial charge in [-0.1, -0.05) is 6.07 Å². The minimum absolute atomic E-state index is 0.0251. The molecular formula is C13H10F3N3OS2. The molecule has 22 heavy (non-hydrogen) atoms. The number of thiocarbonyl (C=S) groups is 1. The Labute approximate surface area is 133 Å². The monoisotopic (exact) mass is 345 g/mol. The fourth-order valence-electron chi connectivity index (χ4n) is 1.51. The lowest BCUT2D eigenvalue weighted by Crippen LogP contribution is -2.43. The molecule has 116 valence electrons. The predicted molar refractivity (Wildman–Crippen MR) is 82.6 cm³/mol. The maximum Gasteiger partial charge on any atom is 0.416 e. The zero-order valence-corrected chi connectivity index (χ0v) is 12.5. The molecule has 0 aliphatic rings. The Hall–Kier alpha value is -2.13. The number of hydrogen-bond acceptors (Lipinski definition) is 3. The lowest BCUT2D eigenvalue weighted by atomic mass is 10.2. The van der Waals surface area contributed by atoms with Gasteiger partial charge in [-0.2, -0.15) is 24.5 Å². The molecule has 0 aliphatic heterocycles. The van der Waals surface area contributed by atoms with Crippen LogP contribution >= 0.6 is 23.6 Å². The molecule has 4 nitrogen and oxygen atoms in total. The Balaban J connectivity index is 1.91. The summed E-state index contributed by atoms with van der Waals surface area (Å²) in [7, 11) is 0. The van der Waals surface area contributed by atoms with Gasteiger partial charge in [-0.3, -0.25) is 15.6 Å². The third-order valence-electron chi connectivity index (χ3n) is 2.52. The molecule has 1 aromatic carbocycles. The van der Waals surface area contributed by atoms with Crippen molar-refractivity contribution in [1.29, 1.82) is 0 Å². The Kier molecular flexibility index (Phi) is 4.99. The largest absolute Gasteiger partial charge is 0.416 e. The molecule has 0 unspecified atom stereocenters. The first-order valence-electron chi connectivity index (χ1n) is 5.93. The maximum atomic E-state index is 12.6. The van der Waals surface area contributed by atoms with E-state index in [0.29, 0.717) is 5.56 Å². The maximum absolute atomic E-state index is 12.6. The zero-order valence-electron chi connectivity index (χ0n) is 10.9. The van der Waals surface area contributed by atoms with E-state index in [0.717, 1.165) is 12.1 Å². The van der Waals surface area contributed by atoms with E-state index in [-0.39, 0.29) is 10.8 Å². The first-order valence-corrected chi connectivity index (χ1v) is 7.28. The summed E-state index contributed by atoms with van der Waals surface area (Å²) in [6.07, 6.45) is -4.43. The molecule has 0 spiro atoms. The molecule has 2 rings (SSSR count). The molecule has 0 radical (unpaired) electrons. The predicted octanol–water partition coefficient (Wildman–Crippen LogP) is 3.40. The highest BCUT2D eigenvalue weighted by molar-refractivity contribution is 7.80. The lowest BCUT2D eigenvalue weighted by molar-refractivity contribution is -0.137. The lowest BCUT2D eigenvalue weighted by Gasteiger charge is -2.13. The van der Waals surface area contributed by atoms with E-state index < -0.39 is 17.6 Å². The van der Waals surface area contributed by atoms with Crippen LogP contribution in [0.1, 0.15) is 15.9 Å². The minimum atomic E-state index is -4.43. The van der Waals surface area contributed by atoms with Gasteiger partial charge in [0.2, 0.25) is 0 Å². The van der Waals surface area contributed by atoms with E-state index >= 15 is 0 Å². The van der Waals surface area contributed by atoms with E-state index in [4.69, 9.17) is 12.2 Å². The number of halogens is 3. The summed E-state index contributed by atoms with van der Waals surface area (Å²) in [5.41, 5.74) is 4.60. The number of thiophene rings is 1. The second-order valence-electron chi connectivity index (χ2n) is 4.12. The molecule has 0 atom stereocenters. The van der Waals surface area contributed by atoms with Gasteiger partial charge < -0.3 is 5.32 Å². The zero-order chi connectivity index (χ0) is 16.2. The average Bonchev–Trinajstić information content (AvgIpc) is 2.98. The number of nitrogens with one attached hydrogen (secondary N) is 3. The van der Waals surface area contributed by atoms with Crippen molar-refractivity contribution in [2.45, 2.75) is 6.18 Å². The SMILES string of the molecule is O=C(NNC(=S)Nc1cccc(C(F)(F)F)c1)c1ccsc1. The van der Waals surface area contributed by atoms with Crippen LogP contribution in [0.2, 0.25) is 0 Å². The molecule has 1 heterocycles. The van der Waals surface area contributed by atoms with Gasteiger partial charge in [0.15, 0.2) is 5.11 Å². The average molecular weight is 345 g/mol. The van der Waals surface area contributed by atoms with Crippen LogP contribution in [0.3, 0.4) is 0 Å². The molecular weight excluding hydrogens is 335 g/mol. The summed E-state index contributed by atoms with van der Waals surface area (Å²) >= 11 is 6.27. The number of carbonyl (C=O) groups is 1. The third-order valence-corrected chi connectivity index (χ3v) is 3.41. The Bertz CT molecular complexity index is 671. The Morgan fingerprint density at radius 3 is 2.59 bits per heavy atom. The highest BCUT2D eigenvalue weighted by atomic mass is 32.1. The quantitative estimate of drug-likeness (QED) is 0.577. The van der Waals surface area contributed by atoms with Crippen LogP contribution in [-0.4, -0.2) is 11.0 Å². The molecule has 0 saturated heterocycles. The van der Waals surface area contributed by atoms with Crippen LogP contribution in [0.25, 0.3) is 0 Å². The second kappa shape index (κ2) is 6.75. The first-order chi connectivity index (χ1) is 10.4. The standard InChI is InChI=1S/C13H10F3N3OS2/c14-13(15,16)9-2-1-3-10(6-9)17-12(21)19-18-11(20)8-4-5-22-7-8/h1-7H,(H,18,20)(H2,17,19,21). The van der Waals surface area contributed by atoms with E-state index in [1.54, 1.807) is 16.8 Å². The fraction of sp³-hybridized carbons (Fsp3) is 0.0769. The highest BCUT2D eigenvalue weighted by Gasteiger charge is 2.30. The van der Waals surface area contributed by atoms with Crippen molar-refractivity contribution in [3.63, 3.8) is 0 Å². The van der Waals surface area contributed by atoms with Gasteiger partial charge in [-0.05, 0) is 41.9 Å². The summed E-state index contributed by atoms with van der Waals surface area (Å²) in [6, 6.07) is 6.21. The van der Waals surface area contributed by atoms with Crippen LogP contribution < -0.4 is 16.2 Å². The normalized spacial score (nSPS) is 10.9. The first kappa shape index (κ1) is 16.2. The number of amides is 1. The van der Waals surface area contributed by atoms with E-state index in [1.165, 1.54) is 23.5 Å². The summed E-state index contributed by atoms with van der Waals surface area (Å²) < 4.78 is 37.8. The van der Waals surface area contributed by atoms with Crippen molar-refractivity contribution in [3.8, 4) is 0 Å². The van der Waals surface area contributed by atoms with Gasteiger partial charge in [0.1, 0.15) is 0 Å². The van der Waals surface area contributed by atoms with Gasteiger partial charge in [0, 0.05) is 11.1 Å². The van der Waals surface area contributed by atoms with Crippen LogP contribution in [0, 0.1) is 0 Å².